The first kappa shape index (κ1) is 9.00. The normalized spacial score (nSPS) is 12.6. The van der Waals surface area contributed by atoms with Crippen LogP contribution in [0.5, 0.6) is 0 Å². The molecule has 1 unspecified atom stereocenters. The molecule has 0 fully saturated rings. The highest BCUT2D eigenvalue weighted by atomic mass is 79.9. The Hall–Kier alpha value is -0.0000000000000000208. The molecule has 0 aliphatic carbocycles. The van der Waals surface area contributed by atoms with Crippen molar-refractivity contribution >= 4 is 15.9 Å². The van der Waals surface area contributed by atoms with Crippen molar-refractivity contribution in [3.63, 3.8) is 0 Å². The first-order valence-electron chi connectivity index (χ1n) is 2.96. The molecule has 0 saturated heterocycles. The minimum atomic E-state index is 0.194. The fourth-order valence-electron chi connectivity index (χ4n) is 0.525. The van der Waals surface area contributed by atoms with Crippen LogP contribution in [0.4, 0.5) is 0 Å². The summed E-state index contributed by atoms with van der Waals surface area (Å²) in [5.41, 5.74) is 0. The lowest BCUT2D eigenvalue weighted by Gasteiger charge is -2.09. The Kier molecular flexibility index (Phi) is 6.12. The Morgan fingerprint density at radius 1 is 1.78 bits per heavy atom. The molecule has 0 N–H and O–H groups in total. The number of terminal acetylenes is 1. The van der Waals surface area contributed by atoms with Crippen LogP contribution in [0, 0.1) is 12.3 Å². The van der Waals surface area contributed by atoms with Crippen LogP contribution in [0.2, 0.25) is 0 Å². The van der Waals surface area contributed by atoms with E-state index in [4.69, 9.17) is 11.2 Å². The zero-order chi connectivity index (χ0) is 7.11. The quantitative estimate of drug-likeness (QED) is 0.486. The first-order chi connectivity index (χ1) is 4.35. The van der Waals surface area contributed by atoms with Gasteiger partial charge in [0.15, 0.2) is 0 Å². The Balaban J connectivity index is 3.32. The van der Waals surface area contributed by atoms with Crippen LogP contribution in [0.3, 0.4) is 0 Å². The summed E-state index contributed by atoms with van der Waals surface area (Å²) in [5, 5.41) is 0.824. The molecule has 9 heavy (non-hydrogen) atoms. The molecule has 0 aromatic rings. The zero-order valence-electron chi connectivity index (χ0n) is 5.56. The molecule has 0 spiro atoms. The minimum absolute atomic E-state index is 0.194. The van der Waals surface area contributed by atoms with E-state index >= 15 is 0 Å². The van der Waals surface area contributed by atoms with Gasteiger partial charge in [-0.2, -0.15) is 0 Å². The molecular weight excluding hydrogens is 180 g/mol. The summed E-state index contributed by atoms with van der Waals surface area (Å²) in [7, 11) is 0. The average molecular weight is 191 g/mol. The standard InChI is InChI=1S/C7H11BrO/c1-3-5-7(6-8)9-4-2/h1,7H,4-6H2,2H3. The van der Waals surface area contributed by atoms with Gasteiger partial charge in [0.1, 0.15) is 0 Å². The molecule has 0 aliphatic rings. The SMILES string of the molecule is C#CCC(CBr)OCC. The van der Waals surface area contributed by atoms with Gasteiger partial charge in [-0.1, -0.05) is 15.9 Å². The van der Waals surface area contributed by atoms with Crippen LogP contribution in [0.15, 0.2) is 0 Å². The van der Waals surface area contributed by atoms with Gasteiger partial charge in [-0.05, 0) is 6.92 Å². The molecule has 1 atom stereocenters. The molecule has 0 aliphatic heterocycles. The third-order valence-corrected chi connectivity index (χ3v) is 1.64. The van der Waals surface area contributed by atoms with Gasteiger partial charge >= 0.3 is 0 Å². The number of hydrogen-bond acceptors (Lipinski definition) is 1. The third-order valence-electron chi connectivity index (χ3n) is 0.920. The molecule has 0 radical (unpaired) electrons. The van der Waals surface area contributed by atoms with Crippen LogP contribution >= 0.6 is 15.9 Å². The summed E-state index contributed by atoms with van der Waals surface area (Å²) >= 11 is 3.30. The Labute approximate surface area is 64.9 Å². The first-order valence-corrected chi connectivity index (χ1v) is 4.08. The molecule has 0 saturated carbocycles. The van der Waals surface area contributed by atoms with E-state index in [0.717, 1.165) is 11.9 Å². The molecule has 0 aromatic heterocycles. The highest BCUT2D eigenvalue weighted by molar-refractivity contribution is 9.09. The number of rotatable bonds is 4. The Morgan fingerprint density at radius 2 is 2.44 bits per heavy atom. The van der Waals surface area contributed by atoms with E-state index in [2.05, 4.69) is 21.9 Å². The molecule has 0 rings (SSSR count). The predicted molar refractivity (Wildman–Crippen MR) is 42.7 cm³/mol. The maximum Gasteiger partial charge on any atom is 0.0780 e. The Morgan fingerprint density at radius 3 is 2.78 bits per heavy atom. The van der Waals surface area contributed by atoms with Crippen molar-refractivity contribution in [2.24, 2.45) is 0 Å². The zero-order valence-corrected chi connectivity index (χ0v) is 7.15. The lowest BCUT2D eigenvalue weighted by Crippen LogP contribution is -2.12. The molecular formula is C7H11BrO. The van der Waals surface area contributed by atoms with Crippen molar-refractivity contribution in [2.45, 2.75) is 19.4 Å². The minimum Gasteiger partial charge on any atom is -0.377 e. The van der Waals surface area contributed by atoms with Gasteiger partial charge in [0, 0.05) is 18.4 Å². The predicted octanol–water partition coefficient (Wildman–Crippen LogP) is 1.81. The van der Waals surface area contributed by atoms with Crippen molar-refractivity contribution < 1.29 is 4.74 Å². The summed E-state index contributed by atoms with van der Waals surface area (Å²) in [6, 6.07) is 0. The van der Waals surface area contributed by atoms with Crippen LogP contribution in [0.25, 0.3) is 0 Å². The van der Waals surface area contributed by atoms with E-state index in [0.29, 0.717) is 6.42 Å². The summed E-state index contributed by atoms with van der Waals surface area (Å²) in [5.74, 6) is 2.55. The van der Waals surface area contributed by atoms with E-state index in [1.165, 1.54) is 0 Å². The molecule has 0 bridgehead atoms. The van der Waals surface area contributed by atoms with Crippen LogP contribution < -0.4 is 0 Å². The molecule has 1 nitrogen and oxygen atoms in total. The lowest BCUT2D eigenvalue weighted by molar-refractivity contribution is 0.0844. The maximum atomic E-state index is 5.24. The second kappa shape index (κ2) is 6.12. The van der Waals surface area contributed by atoms with E-state index in [-0.39, 0.29) is 6.10 Å². The summed E-state index contributed by atoms with van der Waals surface area (Å²) in [4.78, 5) is 0. The van der Waals surface area contributed by atoms with Gasteiger partial charge in [0.25, 0.3) is 0 Å². The lowest BCUT2D eigenvalue weighted by atomic mass is 10.3. The van der Waals surface area contributed by atoms with Crippen molar-refractivity contribution in [3.8, 4) is 12.3 Å². The van der Waals surface area contributed by atoms with E-state index in [1.807, 2.05) is 6.92 Å². The monoisotopic (exact) mass is 190 g/mol. The van der Waals surface area contributed by atoms with Gasteiger partial charge in [0.2, 0.25) is 0 Å². The molecule has 0 amide bonds. The smallest absolute Gasteiger partial charge is 0.0780 e. The molecule has 52 valence electrons. The van der Waals surface area contributed by atoms with E-state index in [9.17, 15) is 0 Å². The summed E-state index contributed by atoms with van der Waals surface area (Å²) in [6.07, 6.45) is 5.97. The number of alkyl halides is 1. The average Bonchev–Trinajstić information content (AvgIpc) is 1.88. The second-order valence-corrected chi connectivity index (χ2v) is 2.29. The van der Waals surface area contributed by atoms with Crippen LogP contribution in [-0.2, 0) is 4.74 Å². The third kappa shape index (κ3) is 4.50. The van der Waals surface area contributed by atoms with Gasteiger partial charge in [-0.25, -0.2) is 0 Å². The van der Waals surface area contributed by atoms with Gasteiger partial charge in [-0.3, -0.25) is 0 Å². The molecule has 0 heterocycles. The van der Waals surface area contributed by atoms with Crippen molar-refractivity contribution in [1.29, 1.82) is 0 Å². The van der Waals surface area contributed by atoms with Crippen LogP contribution in [0.1, 0.15) is 13.3 Å². The topological polar surface area (TPSA) is 9.23 Å². The van der Waals surface area contributed by atoms with E-state index in [1.54, 1.807) is 0 Å². The van der Waals surface area contributed by atoms with Crippen molar-refractivity contribution in [3.05, 3.63) is 0 Å². The Bertz CT molecular complexity index is 95.6. The second-order valence-electron chi connectivity index (χ2n) is 1.64. The van der Waals surface area contributed by atoms with E-state index < -0.39 is 0 Å². The number of hydrogen-bond donors (Lipinski definition) is 0. The largest absolute Gasteiger partial charge is 0.377 e. The number of halogens is 1. The van der Waals surface area contributed by atoms with Gasteiger partial charge in [-0.15, -0.1) is 12.3 Å². The highest BCUT2D eigenvalue weighted by Crippen LogP contribution is 2.00. The maximum absolute atomic E-state index is 5.24. The highest BCUT2D eigenvalue weighted by Gasteiger charge is 2.01. The van der Waals surface area contributed by atoms with Gasteiger partial charge in [0.05, 0.1) is 6.10 Å². The molecule has 2 heteroatoms. The fraction of sp³-hybridized carbons (Fsp3) is 0.714. The van der Waals surface area contributed by atoms with Gasteiger partial charge < -0.3 is 4.74 Å². The number of ether oxygens (including phenoxy) is 1. The molecule has 0 aromatic carbocycles. The van der Waals surface area contributed by atoms with Crippen molar-refractivity contribution in [1.82, 2.24) is 0 Å². The summed E-state index contributed by atoms with van der Waals surface area (Å²) in [6.45, 7) is 2.70. The van der Waals surface area contributed by atoms with Crippen molar-refractivity contribution in [2.75, 3.05) is 11.9 Å². The fourth-order valence-corrected chi connectivity index (χ4v) is 0.941. The summed E-state index contributed by atoms with van der Waals surface area (Å²) < 4.78 is 5.24. The van der Waals surface area contributed by atoms with Crippen LogP contribution in [-0.4, -0.2) is 18.0 Å².